The molecule has 0 bridgehead atoms. The summed E-state index contributed by atoms with van der Waals surface area (Å²) in [4.78, 5) is 13.0. The lowest BCUT2D eigenvalue weighted by Crippen LogP contribution is -2.45. The maximum atomic E-state index is 12.5. The molecular weight excluding hydrogens is 481 g/mol. The van der Waals surface area contributed by atoms with Crippen molar-refractivity contribution in [2.45, 2.75) is 55.7 Å². The topological polar surface area (TPSA) is 42.7 Å². The summed E-state index contributed by atoms with van der Waals surface area (Å²) in [6.45, 7) is 4.08. The molecule has 1 saturated heterocycles. The van der Waals surface area contributed by atoms with Crippen LogP contribution in [0, 0.1) is 0 Å². The van der Waals surface area contributed by atoms with Crippen LogP contribution in [0.15, 0.2) is 65.3 Å². The van der Waals surface area contributed by atoms with E-state index in [0.717, 1.165) is 30.6 Å². The van der Waals surface area contributed by atoms with E-state index in [4.69, 9.17) is 32.4 Å². The number of hydrogen-bond donors (Lipinski definition) is 0. The molecule has 1 fully saturated rings. The highest BCUT2D eigenvalue weighted by Gasteiger charge is 2.46. The second kappa shape index (κ2) is 8.55. The van der Waals surface area contributed by atoms with Gasteiger partial charge in [0.15, 0.2) is 4.84 Å². The Labute approximate surface area is 214 Å². The molecule has 2 aliphatic rings. The summed E-state index contributed by atoms with van der Waals surface area (Å²) >= 11 is 11.8. The van der Waals surface area contributed by atoms with Gasteiger partial charge in [-0.1, -0.05) is 71.7 Å². The lowest BCUT2D eigenvalue weighted by Gasteiger charge is -2.30. The molecule has 2 heterocycles. The first-order chi connectivity index (χ1) is 16.8. The zero-order valence-corrected chi connectivity index (χ0v) is 21.3. The molecule has 1 amide bonds. The van der Waals surface area contributed by atoms with Crippen LogP contribution in [0.25, 0.3) is 21.5 Å². The van der Waals surface area contributed by atoms with Crippen LogP contribution in [-0.4, -0.2) is 27.9 Å². The minimum Gasteiger partial charge on any atom is -0.466 e. The Kier molecular flexibility index (Phi) is 5.59. The lowest BCUT2D eigenvalue weighted by atomic mass is 9.78. The van der Waals surface area contributed by atoms with Crippen molar-refractivity contribution in [2.24, 2.45) is 0 Å². The van der Waals surface area contributed by atoms with Gasteiger partial charge < -0.3 is 14.1 Å². The second-order valence-corrected chi connectivity index (χ2v) is 11.2. The number of hydrogen-bond acceptors (Lipinski definition) is 3. The highest BCUT2D eigenvalue weighted by molar-refractivity contribution is 6.53. The maximum absolute atomic E-state index is 12.5. The minimum atomic E-state index is -1.12. The van der Waals surface area contributed by atoms with Gasteiger partial charge in [-0.15, -0.1) is 0 Å². The quantitative estimate of drug-likeness (QED) is 0.216. The number of amides is 1. The molecule has 6 rings (SSSR count). The molecule has 35 heavy (non-hydrogen) atoms. The first-order valence-corrected chi connectivity index (χ1v) is 13.0. The van der Waals surface area contributed by atoms with Crippen LogP contribution < -0.4 is 0 Å². The summed E-state index contributed by atoms with van der Waals surface area (Å²) in [5.74, 6) is 0.786. The molecule has 2 unspecified atom stereocenters. The van der Waals surface area contributed by atoms with Gasteiger partial charge in [0.2, 0.25) is 0 Å². The predicted molar refractivity (Wildman–Crippen MR) is 140 cm³/mol. The number of rotatable bonds is 3. The van der Waals surface area contributed by atoms with Gasteiger partial charge in [0.25, 0.3) is 5.91 Å². The smallest absolute Gasteiger partial charge is 0.258 e. The van der Waals surface area contributed by atoms with E-state index in [0.29, 0.717) is 12.5 Å². The number of furan rings is 1. The monoisotopic (exact) mass is 507 g/mol. The van der Waals surface area contributed by atoms with Crippen molar-refractivity contribution in [3.63, 3.8) is 0 Å². The van der Waals surface area contributed by atoms with Crippen LogP contribution in [-0.2, 0) is 22.4 Å². The van der Waals surface area contributed by atoms with Crippen LogP contribution in [0.4, 0.5) is 0 Å². The minimum absolute atomic E-state index is 0.333. The molecule has 1 aromatic heterocycles. The molecule has 3 aromatic carbocycles. The Morgan fingerprint density at radius 2 is 1.83 bits per heavy atom. The third-order valence-electron chi connectivity index (χ3n) is 7.68. The van der Waals surface area contributed by atoms with Crippen LogP contribution >= 0.6 is 23.2 Å². The van der Waals surface area contributed by atoms with Crippen molar-refractivity contribution in [3.8, 4) is 0 Å². The van der Waals surface area contributed by atoms with Crippen molar-refractivity contribution in [1.82, 2.24) is 4.90 Å². The van der Waals surface area contributed by atoms with E-state index >= 15 is 0 Å². The van der Waals surface area contributed by atoms with E-state index in [9.17, 15) is 4.79 Å². The highest BCUT2D eigenvalue weighted by atomic mass is 35.5. The summed E-state index contributed by atoms with van der Waals surface area (Å²) in [5.41, 5.74) is 3.21. The standard InChI is InChI=1S/C29H27Cl2NO3/c1-29(2)32(28(33)27(30)31)16-25(35-29)26-22(13-14-34-26)19-8-10-21-18(15-19)9-12-23-20-6-4-3-5-17(20)7-11-24(21)23/h3-7,9,11-14,19,25,27H,8,10,15-16H2,1-2H3. The molecular formula is C29H27Cl2NO3. The second-order valence-electron chi connectivity index (χ2n) is 10.1. The third kappa shape index (κ3) is 3.83. The number of aryl methyl sites for hydroxylation is 1. The van der Waals surface area contributed by atoms with E-state index in [-0.39, 0.29) is 12.0 Å². The zero-order chi connectivity index (χ0) is 24.3. The van der Waals surface area contributed by atoms with Crippen molar-refractivity contribution < 1.29 is 13.9 Å². The first-order valence-electron chi connectivity index (χ1n) is 12.1. The van der Waals surface area contributed by atoms with E-state index in [1.165, 1.54) is 32.7 Å². The van der Waals surface area contributed by atoms with Gasteiger partial charge in [0.05, 0.1) is 12.8 Å². The van der Waals surface area contributed by atoms with Crippen molar-refractivity contribution in [1.29, 1.82) is 0 Å². The summed E-state index contributed by atoms with van der Waals surface area (Å²) in [5, 5.41) is 5.27. The number of benzene rings is 3. The number of carbonyl (C=O) groups excluding carboxylic acids is 1. The molecule has 0 spiro atoms. The van der Waals surface area contributed by atoms with Crippen LogP contribution in [0.1, 0.15) is 54.7 Å². The molecule has 4 aromatic rings. The fourth-order valence-electron chi connectivity index (χ4n) is 6.01. The molecule has 6 heteroatoms. The zero-order valence-electron chi connectivity index (χ0n) is 19.8. The molecule has 4 nitrogen and oxygen atoms in total. The lowest BCUT2D eigenvalue weighted by molar-refractivity contribution is -0.144. The van der Waals surface area contributed by atoms with Gasteiger partial charge in [-0.3, -0.25) is 4.79 Å². The average Bonchev–Trinajstić information content (AvgIpc) is 3.46. The number of alkyl halides is 2. The largest absolute Gasteiger partial charge is 0.466 e. The fourth-order valence-corrected chi connectivity index (χ4v) is 6.24. The third-order valence-corrected chi connectivity index (χ3v) is 8.06. The van der Waals surface area contributed by atoms with Gasteiger partial charge in [0.1, 0.15) is 17.6 Å². The summed E-state index contributed by atoms with van der Waals surface area (Å²) < 4.78 is 12.2. The van der Waals surface area contributed by atoms with Crippen molar-refractivity contribution >= 4 is 50.7 Å². The van der Waals surface area contributed by atoms with Crippen molar-refractivity contribution in [3.05, 3.63) is 83.3 Å². The molecule has 180 valence electrons. The number of carbonyl (C=O) groups is 1. The van der Waals surface area contributed by atoms with E-state index in [2.05, 4.69) is 54.6 Å². The molecule has 1 aliphatic carbocycles. The number of fused-ring (bicyclic) bond motifs is 5. The normalized spacial score (nSPS) is 21.7. The van der Waals surface area contributed by atoms with Crippen LogP contribution in [0.3, 0.4) is 0 Å². The summed E-state index contributed by atoms with van der Waals surface area (Å²) in [6, 6.07) is 19.7. The van der Waals surface area contributed by atoms with Gasteiger partial charge in [0, 0.05) is 0 Å². The number of halogens is 2. The SMILES string of the molecule is CC1(C)OC(c2occc2C2CCc3c(ccc4c3ccc3ccccc34)C2)CN1C(=O)C(Cl)Cl. The van der Waals surface area contributed by atoms with E-state index in [1.807, 2.05) is 13.8 Å². The average molecular weight is 508 g/mol. The Bertz CT molecular complexity index is 1440. The molecule has 0 radical (unpaired) electrons. The van der Waals surface area contributed by atoms with Crippen LogP contribution in [0.2, 0.25) is 0 Å². The fraction of sp³-hybridized carbons (Fsp3) is 0.345. The maximum Gasteiger partial charge on any atom is 0.258 e. The molecule has 0 N–H and O–H groups in total. The number of nitrogens with zero attached hydrogens (tertiary/aromatic N) is 1. The first kappa shape index (κ1) is 22.9. The molecule has 0 saturated carbocycles. The Morgan fingerprint density at radius 1 is 1.03 bits per heavy atom. The number of ether oxygens (including phenoxy) is 1. The van der Waals surface area contributed by atoms with Gasteiger partial charge in [-0.2, -0.15) is 0 Å². The Morgan fingerprint density at radius 3 is 2.66 bits per heavy atom. The van der Waals surface area contributed by atoms with Gasteiger partial charge in [-0.25, -0.2) is 0 Å². The van der Waals surface area contributed by atoms with Gasteiger partial charge >= 0.3 is 0 Å². The van der Waals surface area contributed by atoms with Crippen molar-refractivity contribution in [2.75, 3.05) is 6.54 Å². The summed E-state index contributed by atoms with van der Waals surface area (Å²) in [6.07, 6.45) is 4.39. The summed E-state index contributed by atoms with van der Waals surface area (Å²) in [7, 11) is 0. The Hall–Kier alpha value is -2.53. The predicted octanol–water partition coefficient (Wildman–Crippen LogP) is 7.30. The Balaban J connectivity index is 1.30. The molecule has 2 atom stereocenters. The van der Waals surface area contributed by atoms with Gasteiger partial charge in [-0.05, 0) is 83.3 Å². The van der Waals surface area contributed by atoms with Crippen LogP contribution in [0.5, 0.6) is 0 Å². The van der Waals surface area contributed by atoms with E-state index < -0.39 is 10.6 Å². The molecule has 1 aliphatic heterocycles. The van der Waals surface area contributed by atoms with E-state index in [1.54, 1.807) is 11.2 Å². The highest BCUT2D eigenvalue weighted by Crippen LogP contribution is 2.43.